The Morgan fingerprint density at radius 1 is 1.24 bits per heavy atom. The van der Waals surface area contributed by atoms with Crippen LogP contribution in [-0.4, -0.2) is 17.1 Å². The van der Waals surface area contributed by atoms with Crippen molar-refractivity contribution in [3.63, 3.8) is 0 Å². The fraction of sp³-hybridized carbons (Fsp3) is 0.588. The number of carboxylic acids is 1. The summed E-state index contributed by atoms with van der Waals surface area (Å²) in [6.07, 6.45) is 4.84. The highest BCUT2D eigenvalue weighted by Gasteiger charge is 2.51. The molecule has 0 aliphatic heterocycles. The Hall–Kier alpha value is -1.42. The zero-order valence-corrected chi connectivity index (χ0v) is 11.9. The number of hydrogen-bond acceptors (Lipinski definition) is 2. The lowest BCUT2D eigenvalue weighted by molar-refractivity contribution is -0.144. The first-order chi connectivity index (χ1) is 10.1. The first-order valence-corrected chi connectivity index (χ1v) is 7.91. The van der Waals surface area contributed by atoms with Crippen molar-refractivity contribution in [3.05, 3.63) is 35.1 Å². The van der Waals surface area contributed by atoms with E-state index in [9.17, 15) is 14.3 Å². The topological polar surface area (TPSA) is 49.3 Å². The van der Waals surface area contributed by atoms with Crippen molar-refractivity contribution in [2.75, 3.05) is 0 Å². The Bertz CT molecular complexity index is 588. The zero-order chi connectivity index (χ0) is 14.6. The molecule has 0 amide bonds. The summed E-state index contributed by atoms with van der Waals surface area (Å²) < 4.78 is 13.8. The van der Waals surface area contributed by atoms with E-state index in [-0.39, 0.29) is 23.8 Å². The smallest absolute Gasteiger partial charge is 0.308 e. The standard InChI is InChI=1S/C17H20FNO2/c18-13-3-1-2-12-11(13)6-7-14(12)19-16-10-5-4-9(8-10)15(16)17(20)21/h1-3,9-10,14-16,19H,4-8H2,(H,20,21). The average Bonchev–Trinajstić information content (AvgIpc) is 3.14. The summed E-state index contributed by atoms with van der Waals surface area (Å²) in [6.45, 7) is 0. The number of benzene rings is 1. The van der Waals surface area contributed by atoms with Crippen LogP contribution >= 0.6 is 0 Å². The molecule has 4 rings (SSSR count). The fourth-order valence-electron chi connectivity index (χ4n) is 4.90. The fourth-order valence-corrected chi connectivity index (χ4v) is 4.90. The molecule has 0 saturated heterocycles. The van der Waals surface area contributed by atoms with E-state index < -0.39 is 5.97 Å². The highest BCUT2D eigenvalue weighted by molar-refractivity contribution is 5.72. The van der Waals surface area contributed by atoms with Gasteiger partial charge in [-0.1, -0.05) is 12.1 Å². The van der Waals surface area contributed by atoms with Gasteiger partial charge in [0.25, 0.3) is 0 Å². The van der Waals surface area contributed by atoms with Gasteiger partial charge in [-0.3, -0.25) is 4.79 Å². The summed E-state index contributed by atoms with van der Waals surface area (Å²) in [4.78, 5) is 11.6. The van der Waals surface area contributed by atoms with Gasteiger partial charge >= 0.3 is 5.97 Å². The second-order valence-electron chi connectivity index (χ2n) is 6.79. The summed E-state index contributed by atoms with van der Waals surface area (Å²) in [7, 11) is 0. The first kappa shape index (κ1) is 13.3. The molecule has 0 heterocycles. The van der Waals surface area contributed by atoms with Crippen molar-refractivity contribution in [3.8, 4) is 0 Å². The van der Waals surface area contributed by atoms with Crippen molar-refractivity contribution < 1.29 is 14.3 Å². The van der Waals surface area contributed by atoms with Crippen LogP contribution in [0.3, 0.4) is 0 Å². The lowest BCUT2D eigenvalue weighted by Gasteiger charge is -2.31. The monoisotopic (exact) mass is 289 g/mol. The molecular formula is C17H20FNO2. The van der Waals surface area contributed by atoms with E-state index in [0.717, 1.165) is 43.2 Å². The largest absolute Gasteiger partial charge is 0.481 e. The van der Waals surface area contributed by atoms with Crippen LogP contribution in [0.4, 0.5) is 4.39 Å². The van der Waals surface area contributed by atoms with Crippen LogP contribution < -0.4 is 5.32 Å². The predicted octanol–water partition coefficient (Wildman–Crippen LogP) is 2.90. The number of rotatable bonds is 3. The van der Waals surface area contributed by atoms with Crippen LogP contribution in [0.1, 0.15) is 42.9 Å². The molecule has 1 aromatic carbocycles. The van der Waals surface area contributed by atoms with Gasteiger partial charge in [0.05, 0.1) is 5.92 Å². The molecule has 5 atom stereocenters. The molecule has 1 aromatic rings. The average molecular weight is 289 g/mol. The van der Waals surface area contributed by atoms with Crippen LogP contribution in [0.5, 0.6) is 0 Å². The van der Waals surface area contributed by atoms with Crippen molar-refractivity contribution in [1.29, 1.82) is 0 Å². The highest BCUT2D eigenvalue weighted by Crippen LogP contribution is 2.49. The summed E-state index contributed by atoms with van der Waals surface area (Å²) in [5.41, 5.74) is 1.84. The number of carboxylic acid groups (broad SMARTS) is 1. The van der Waals surface area contributed by atoms with Gasteiger partial charge in [-0.15, -0.1) is 0 Å². The van der Waals surface area contributed by atoms with E-state index in [1.807, 2.05) is 6.07 Å². The summed E-state index contributed by atoms with van der Waals surface area (Å²) in [6, 6.07) is 5.41. The Morgan fingerprint density at radius 2 is 2.05 bits per heavy atom. The molecule has 2 fully saturated rings. The third-order valence-corrected chi connectivity index (χ3v) is 5.81. The van der Waals surface area contributed by atoms with Crippen molar-refractivity contribution in [1.82, 2.24) is 5.32 Å². The van der Waals surface area contributed by atoms with Crippen molar-refractivity contribution in [2.24, 2.45) is 17.8 Å². The second kappa shape index (κ2) is 4.80. The van der Waals surface area contributed by atoms with Crippen molar-refractivity contribution in [2.45, 2.75) is 44.2 Å². The second-order valence-corrected chi connectivity index (χ2v) is 6.79. The summed E-state index contributed by atoms with van der Waals surface area (Å²) in [5, 5.41) is 13.1. The van der Waals surface area contributed by atoms with Gasteiger partial charge in [0.15, 0.2) is 0 Å². The SMILES string of the molecule is O=C(O)C1C2CCC(C2)C1NC1CCc2c(F)cccc21. The number of fused-ring (bicyclic) bond motifs is 3. The van der Waals surface area contributed by atoms with Gasteiger partial charge < -0.3 is 10.4 Å². The van der Waals surface area contributed by atoms with Gasteiger partial charge in [-0.25, -0.2) is 4.39 Å². The Morgan fingerprint density at radius 3 is 2.86 bits per heavy atom. The molecule has 21 heavy (non-hydrogen) atoms. The molecular weight excluding hydrogens is 269 g/mol. The molecule has 0 spiro atoms. The lowest BCUT2D eigenvalue weighted by atomic mass is 9.84. The third-order valence-electron chi connectivity index (χ3n) is 5.81. The molecule has 2 bridgehead atoms. The van der Waals surface area contributed by atoms with E-state index in [2.05, 4.69) is 5.32 Å². The van der Waals surface area contributed by atoms with Crippen LogP contribution in [0.25, 0.3) is 0 Å². The number of aliphatic carboxylic acids is 1. The molecule has 4 heteroatoms. The van der Waals surface area contributed by atoms with E-state index in [1.165, 1.54) is 6.07 Å². The molecule has 0 aromatic heterocycles. The summed E-state index contributed by atoms with van der Waals surface area (Å²) in [5.74, 6) is -0.245. The lowest BCUT2D eigenvalue weighted by Crippen LogP contribution is -2.45. The van der Waals surface area contributed by atoms with E-state index in [4.69, 9.17) is 0 Å². The van der Waals surface area contributed by atoms with Crippen LogP contribution in [0.15, 0.2) is 18.2 Å². The number of hydrogen-bond donors (Lipinski definition) is 2. The maximum atomic E-state index is 13.8. The first-order valence-electron chi connectivity index (χ1n) is 7.91. The van der Waals surface area contributed by atoms with Gasteiger partial charge in [0.2, 0.25) is 0 Å². The molecule has 3 nitrogen and oxygen atoms in total. The minimum Gasteiger partial charge on any atom is -0.481 e. The van der Waals surface area contributed by atoms with E-state index in [0.29, 0.717) is 11.8 Å². The molecule has 3 aliphatic rings. The summed E-state index contributed by atoms with van der Waals surface area (Å²) >= 11 is 0. The van der Waals surface area contributed by atoms with Crippen LogP contribution in [0.2, 0.25) is 0 Å². The molecule has 0 radical (unpaired) electrons. The molecule has 2 saturated carbocycles. The number of halogens is 1. The van der Waals surface area contributed by atoms with Gasteiger partial charge in [0.1, 0.15) is 5.82 Å². The van der Waals surface area contributed by atoms with Crippen LogP contribution in [-0.2, 0) is 11.2 Å². The van der Waals surface area contributed by atoms with Gasteiger partial charge in [-0.2, -0.15) is 0 Å². The molecule has 112 valence electrons. The minimum atomic E-state index is -0.669. The maximum Gasteiger partial charge on any atom is 0.308 e. The van der Waals surface area contributed by atoms with E-state index >= 15 is 0 Å². The molecule has 5 unspecified atom stereocenters. The molecule has 3 aliphatic carbocycles. The Kier molecular flexibility index (Phi) is 3.03. The molecule has 2 N–H and O–H groups in total. The Balaban J connectivity index is 1.58. The number of carbonyl (C=O) groups is 1. The van der Waals surface area contributed by atoms with Gasteiger partial charge in [-0.05, 0) is 61.1 Å². The Labute approximate surface area is 123 Å². The predicted molar refractivity (Wildman–Crippen MR) is 76.3 cm³/mol. The van der Waals surface area contributed by atoms with Crippen LogP contribution in [0, 0.1) is 23.6 Å². The third kappa shape index (κ3) is 2.00. The number of nitrogens with one attached hydrogen (secondary N) is 1. The quantitative estimate of drug-likeness (QED) is 0.899. The highest BCUT2D eigenvalue weighted by atomic mass is 19.1. The van der Waals surface area contributed by atoms with E-state index in [1.54, 1.807) is 6.07 Å². The van der Waals surface area contributed by atoms with Gasteiger partial charge in [0, 0.05) is 12.1 Å². The van der Waals surface area contributed by atoms with Crippen molar-refractivity contribution >= 4 is 5.97 Å². The minimum absolute atomic E-state index is 0.0560. The normalized spacial score (nSPS) is 36.9. The zero-order valence-electron chi connectivity index (χ0n) is 11.9. The maximum absolute atomic E-state index is 13.8.